The number of aromatic nitrogens is 3. The maximum absolute atomic E-state index is 6.10. The molecular formula is C15H10ClN3. The van der Waals surface area contributed by atoms with Crippen molar-refractivity contribution in [2.45, 2.75) is 0 Å². The van der Waals surface area contributed by atoms with Gasteiger partial charge in [0.25, 0.3) is 0 Å². The van der Waals surface area contributed by atoms with Gasteiger partial charge in [0.15, 0.2) is 0 Å². The maximum atomic E-state index is 6.10. The van der Waals surface area contributed by atoms with Crippen molar-refractivity contribution < 1.29 is 0 Å². The third-order valence-corrected chi connectivity index (χ3v) is 3.51. The van der Waals surface area contributed by atoms with Crippen LogP contribution in [-0.2, 0) is 0 Å². The van der Waals surface area contributed by atoms with Crippen LogP contribution in [0.5, 0.6) is 0 Å². The first-order chi connectivity index (χ1) is 9.33. The number of H-pyrrole nitrogens is 1. The fourth-order valence-corrected chi connectivity index (χ4v) is 2.60. The van der Waals surface area contributed by atoms with E-state index in [4.69, 9.17) is 11.6 Å². The van der Waals surface area contributed by atoms with Crippen LogP contribution in [0.2, 0.25) is 5.02 Å². The topological polar surface area (TPSA) is 33.6 Å². The van der Waals surface area contributed by atoms with E-state index in [9.17, 15) is 0 Å². The Bertz CT molecular complexity index is 874. The molecule has 0 unspecified atom stereocenters. The molecule has 92 valence electrons. The zero-order chi connectivity index (χ0) is 12.8. The predicted octanol–water partition coefficient (Wildman–Crippen LogP) is 4.16. The Balaban J connectivity index is 2.12. The van der Waals surface area contributed by atoms with Crippen molar-refractivity contribution in [3.8, 4) is 5.69 Å². The molecule has 0 spiro atoms. The van der Waals surface area contributed by atoms with E-state index in [1.54, 1.807) is 0 Å². The first-order valence-electron chi connectivity index (χ1n) is 6.03. The Kier molecular flexibility index (Phi) is 2.17. The molecule has 4 aromatic rings. The summed E-state index contributed by atoms with van der Waals surface area (Å²) in [5.41, 5.74) is 4.18. The SMILES string of the molecule is Clc1ccc2[nH]c3cnn(-c4ccccc4)c3c2c1. The van der Waals surface area contributed by atoms with Gasteiger partial charge in [0.1, 0.15) is 0 Å². The van der Waals surface area contributed by atoms with Gasteiger partial charge in [0.05, 0.1) is 22.9 Å². The lowest BCUT2D eigenvalue weighted by Crippen LogP contribution is -1.94. The van der Waals surface area contributed by atoms with Crippen molar-refractivity contribution >= 4 is 33.5 Å². The molecule has 2 heterocycles. The molecule has 0 radical (unpaired) electrons. The highest BCUT2D eigenvalue weighted by atomic mass is 35.5. The smallest absolute Gasteiger partial charge is 0.0997 e. The van der Waals surface area contributed by atoms with Gasteiger partial charge in [-0.25, -0.2) is 4.68 Å². The molecule has 0 saturated carbocycles. The second-order valence-electron chi connectivity index (χ2n) is 4.47. The minimum Gasteiger partial charge on any atom is -0.352 e. The minimum absolute atomic E-state index is 0.731. The minimum atomic E-state index is 0.731. The van der Waals surface area contributed by atoms with Crippen molar-refractivity contribution in [1.82, 2.24) is 14.8 Å². The molecule has 4 heteroatoms. The maximum Gasteiger partial charge on any atom is 0.0997 e. The quantitative estimate of drug-likeness (QED) is 0.552. The van der Waals surface area contributed by atoms with Crippen molar-refractivity contribution in [3.63, 3.8) is 0 Å². The van der Waals surface area contributed by atoms with Crippen molar-refractivity contribution in [2.75, 3.05) is 0 Å². The fraction of sp³-hybridized carbons (Fsp3) is 0. The Morgan fingerprint density at radius 1 is 1.00 bits per heavy atom. The van der Waals surface area contributed by atoms with Crippen LogP contribution in [-0.4, -0.2) is 14.8 Å². The number of fused-ring (bicyclic) bond motifs is 3. The molecule has 19 heavy (non-hydrogen) atoms. The van der Waals surface area contributed by atoms with E-state index in [0.717, 1.165) is 32.6 Å². The van der Waals surface area contributed by atoms with E-state index in [-0.39, 0.29) is 0 Å². The summed E-state index contributed by atoms with van der Waals surface area (Å²) in [5, 5.41) is 6.27. The molecule has 0 saturated heterocycles. The van der Waals surface area contributed by atoms with Gasteiger partial charge in [0.2, 0.25) is 0 Å². The molecule has 0 aliphatic carbocycles. The molecular weight excluding hydrogens is 258 g/mol. The van der Waals surface area contributed by atoms with Gasteiger partial charge in [-0.1, -0.05) is 29.8 Å². The van der Waals surface area contributed by atoms with Gasteiger partial charge in [0, 0.05) is 15.9 Å². The lowest BCUT2D eigenvalue weighted by atomic mass is 10.2. The van der Waals surface area contributed by atoms with Gasteiger partial charge in [-0.05, 0) is 30.3 Å². The number of rotatable bonds is 1. The van der Waals surface area contributed by atoms with E-state index in [2.05, 4.69) is 10.1 Å². The van der Waals surface area contributed by atoms with Crippen LogP contribution in [0.4, 0.5) is 0 Å². The number of nitrogens with zero attached hydrogens (tertiary/aromatic N) is 2. The average Bonchev–Trinajstić information content (AvgIpc) is 2.99. The number of benzene rings is 2. The Morgan fingerprint density at radius 2 is 1.84 bits per heavy atom. The van der Waals surface area contributed by atoms with E-state index in [1.165, 1.54) is 0 Å². The third-order valence-electron chi connectivity index (χ3n) is 3.28. The van der Waals surface area contributed by atoms with Gasteiger partial charge < -0.3 is 4.98 Å². The normalized spacial score (nSPS) is 11.4. The molecule has 2 aromatic carbocycles. The zero-order valence-corrected chi connectivity index (χ0v) is 10.7. The largest absolute Gasteiger partial charge is 0.352 e. The molecule has 4 rings (SSSR count). The number of nitrogens with one attached hydrogen (secondary N) is 1. The standard InChI is InChI=1S/C15H10ClN3/c16-10-6-7-13-12(8-10)15-14(18-13)9-17-19(15)11-4-2-1-3-5-11/h1-9,18H. The number of aromatic amines is 1. The number of para-hydroxylation sites is 1. The van der Waals surface area contributed by atoms with Crippen LogP contribution in [0.3, 0.4) is 0 Å². The van der Waals surface area contributed by atoms with Crippen LogP contribution < -0.4 is 0 Å². The van der Waals surface area contributed by atoms with E-state index in [0.29, 0.717) is 0 Å². The molecule has 0 fully saturated rings. The monoisotopic (exact) mass is 267 g/mol. The Labute approximate surface area is 114 Å². The second-order valence-corrected chi connectivity index (χ2v) is 4.91. The molecule has 1 N–H and O–H groups in total. The van der Waals surface area contributed by atoms with Gasteiger partial charge in [-0.2, -0.15) is 5.10 Å². The first-order valence-corrected chi connectivity index (χ1v) is 6.41. The van der Waals surface area contributed by atoms with E-state index >= 15 is 0 Å². The van der Waals surface area contributed by atoms with Crippen molar-refractivity contribution in [1.29, 1.82) is 0 Å². The molecule has 0 bridgehead atoms. The average molecular weight is 268 g/mol. The molecule has 0 aliphatic rings. The summed E-state index contributed by atoms with van der Waals surface area (Å²) >= 11 is 6.10. The van der Waals surface area contributed by atoms with Crippen LogP contribution in [0, 0.1) is 0 Å². The van der Waals surface area contributed by atoms with Crippen molar-refractivity contribution in [2.24, 2.45) is 0 Å². The fourth-order valence-electron chi connectivity index (χ4n) is 2.43. The number of halogens is 1. The molecule has 2 aromatic heterocycles. The zero-order valence-electron chi connectivity index (χ0n) is 9.97. The predicted molar refractivity (Wildman–Crippen MR) is 77.9 cm³/mol. The third kappa shape index (κ3) is 1.55. The number of hydrogen-bond donors (Lipinski definition) is 1. The summed E-state index contributed by atoms with van der Waals surface area (Å²) in [7, 11) is 0. The molecule has 0 atom stereocenters. The first kappa shape index (κ1) is 10.6. The Morgan fingerprint density at radius 3 is 2.68 bits per heavy atom. The summed E-state index contributed by atoms with van der Waals surface area (Å²) in [6, 6.07) is 15.9. The lowest BCUT2D eigenvalue weighted by molar-refractivity contribution is 0.913. The number of hydrogen-bond acceptors (Lipinski definition) is 1. The van der Waals surface area contributed by atoms with Gasteiger partial charge >= 0.3 is 0 Å². The second kappa shape index (κ2) is 3.87. The highest BCUT2D eigenvalue weighted by Crippen LogP contribution is 2.29. The molecule has 0 amide bonds. The molecule has 3 nitrogen and oxygen atoms in total. The van der Waals surface area contributed by atoms with Gasteiger partial charge in [-0.15, -0.1) is 0 Å². The van der Waals surface area contributed by atoms with Crippen LogP contribution in [0.1, 0.15) is 0 Å². The van der Waals surface area contributed by atoms with Crippen LogP contribution >= 0.6 is 11.6 Å². The summed E-state index contributed by atoms with van der Waals surface area (Å²) in [4.78, 5) is 3.35. The lowest BCUT2D eigenvalue weighted by Gasteiger charge is -2.02. The van der Waals surface area contributed by atoms with Crippen LogP contribution in [0.15, 0.2) is 54.7 Å². The van der Waals surface area contributed by atoms with E-state index in [1.807, 2.05) is 59.4 Å². The highest BCUT2D eigenvalue weighted by Gasteiger charge is 2.11. The van der Waals surface area contributed by atoms with E-state index < -0.39 is 0 Å². The van der Waals surface area contributed by atoms with Crippen molar-refractivity contribution in [3.05, 3.63) is 59.8 Å². The highest BCUT2D eigenvalue weighted by molar-refractivity contribution is 6.31. The molecule has 0 aliphatic heterocycles. The van der Waals surface area contributed by atoms with Gasteiger partial charge in [-0.3, -0.25) is 0 Å². The Hall–Kier alpha value is -2.26. The van der Waals surface area contributed by atoms with Crippen LogP contribution in [0.25, 0.3) is 27.6 Å². The summed E-state index contributed by atoms with van der Waals surface area (Å²) in [6.07, 6.45) is 1.84. The summed E-state index contributed by atoms with van der Waals surface area (Å²) in [5.74, 6) is 0. The summed E-state index contributed by atoms with van der Waals surface area (Å²) in [6.45, 7) is 0. The summed E-state index contributed by atoms with van der Waals surface area (Å²) < 4.78 is 1.94.